The molecule has 1 aromatic rings. The van der Waals surface area contributed by atoms with Gasteiger partial charge in [0.25, 0.3) is 0 Å². The van der Waals surface area contributed by atoms with Crippen molar-refractivity contribution in [2.24, 2.45) is 5.92 Å². The lowest BCUT2D eigenvalue weighted by atomic mass is 9.87. The Labute approximate surface area is 120 Å². The summed E-state index contributed by atoms with van der Waals surface area (Å²) in [6.07, 6.45) is 3.89. The van der Waals surface area contributed by atoms with E-state index in [0.717, 1.165) is 37.8 Å². The zero-order valence-corrected chi connectivity index (χ0v) is 12.1. The molecule has 20 heavy (non-hydrogen) atoms. The van der Waals surface area contributed by atoms with E-state index in [1.807, 2.05) is 19.1 Å². The van der Waals surface area contributed by atoms with Crippen molar-refractivity contribution in [3.63, 3.8) is 0 Å². The summed E-state index contributed by atoms with van der Waals surface area (Å²) in [5.74, 6) is 1.42. The second-order valence-electron chi connectivity index (χ2n) is 5.50. The van der Waals surface area contributed by atoms with Crippen LogP contribution in [0.3, 0.4) is 0 Å². The van der Waals surface area contributed by atoms with E-state index in [-0.39, 0.29) is 11.9 Å². The maximum absolute atomic E-state index is 10.1. The standard InChI is InChI=1S/C16H25NO3/c1-2-20-15-5-3-4-13(16(15)19)11-17-10-12-6-8-14(18)9-7-12/h3-5,12,14,17-19H,2,6-11H2,1H3. The molecule has 1 fully saturated rings. The Kier molecular flexibility index (Phi) is 5.68. The maximum Gasteiger partial charge on any atom is 0.162 e. The summed E-state index contributed by atoms with van der Waals surface area (Å²) in [6.45, 7) is 4.04. The molecule has 0 unspecified atom stereocenters. The number of aromatic hydroxyl groups is 1. The second-order valence-corrected chi connectivity index (χ2v) is 5.50. The molecule has 1 saturated carbocycles. The number of para-hydroxylation sites is 1. The highest BCUT2D eigenvalue weighted by Gasteiger charge is 2.19. The van der Waals surface area contributed by atoms with Crippen molar-refractivity contribution in [2.45, 2.75) is 45.3 Å². The van der Waals surface area contributed by atoms with Gasteiger partial charge in [0.2, 0.25) is 0 Å². The van der Waals surface area contributed by atoms with Crippen molar-refractivity contribution in [1.29, 1.82) is 0 Å². The predicted octanol–water partition coefficient (Wildman–Crippen LogP) is 2.43. The first-order valence-corrected chi connectivity index (χ1v) is 7.53. The molecule has 3 N–H and O–H groups in total. The largest absolute Gasteiger partial charge is 0.504 e. The molecule has 0 atom stereocenters. The van der Waals surface area contributed by atoms with E-state index in [1.165, 1.54) is 0 Å². The highest BCUT2D eigenvalue weighted by molar-refractivity contribution is 5.45. The van der Waals surface area contributed by atoms with Crippen LogP contribution in [0.4, 0.5) is 0 Å². The topological polar surface area (TPSA) is 61.7 Å². The number of hydrogen-bond acceptors (Lipinski definition) is 4. The molecule has 1 aromatic carbocycles. The lowest BCUT2D eigenvalue weighted by Crippen LogP contribution is -2.27. The SMILES string of the molecule is CCOc1cccc(CNCC2CCC(O)CC2)c1O. The Balaban J connectivity index is 1.80. The summed E-state index contributed by atoms with van der Waals surface area (Å²) < 4.78 is 5.38. The number of benzene rings is 1. The van der Waals surface area contributed by atoms with Crippen LogP contribution < -0.4 is 10.1 Å². The molecule has 0 spiro atoms. The minimum Gasteiger partial charge on any atom is -0.504 e. The molecule has 0 heterocycles. The van der Waals surface area contributed by atoms with Crippen LogP contribution in [-0.4, -0.2) is 29.5 Å². The number of aliphatic hydroxyl groups excluding tert-OH is 1. The van der Waals surface area contributed by atoms with E-state index in [0.29, 0.717) is 24.8 Å². The average molecular weight is 279 g/mol. The fraction of sp³-hybridized carbons (Fsp3) is 0.625. The molecule has 0 radical (unpaired) electrons. The summed E-state index contributed by atoms with van der Waals surface area (Å²) in [5.41, 5.74) is 0.867. The average Bonchev–Trinajstić information content (AvgIpc) is 2.45. The minimum atomic E-state index is -0.0989. The highest BCUT2D eigenvalue weighted by atomic mass is 16.5. The van der Waals surface area contributed by atoms with E-state index in [2.05, 4.69) is 5.32 Å². The number of aliphatic hydroxyl groups is 1. The molecular formula is C16H25NO3. The van der Waals surface area contributed by atoms with Gasteiger partial charge in [-0.15, -0.1) is 0 Å². The fourth-order valence-electron chi connectivity index (χ4n) is 2.74. The van der Waals surface area contributed by atoms with Gasteiger partial charge in [0, 0.05) is 12.1 Å². The molecule has 0 amide bonds. The third-order valence-corrected chi connectivity index (χ3v) is 3.95. The summed E-state index contributed by atoms with van der Waals surface area (Å²) >= 11 is 0. The smallest absolute Gasteiger partial charge is 0.162 e. The summed E-state index contributed by atoms with van der Waals surface area (Å²) in [7, 11) is 0. The molecule has 1 aliphatic rings. The number of hydrogen-bond donors (Lipinski definition) is 3. The normalized spacial score (nSPS) is 22.7. The van der Waals surface area contributed by atoms with Crippen LogP contribution in [0.1, 0.15) is 38.2 Å². The van der Waals surface area contributed by atoms with E-state index in [9.17, 15) is 10.2 Å². The minimum absolute atomic E-state index is 0.0989. The Morgan fingerprint density at radius 1 is 1.25 bits per heavy atom. The molecule has 0 aromatic heterocycles. The van der Waals surface area contributed by atoms with E-state index in [4.69, 9.17) is 4.74 Å². The van der Waals surface area contributed by atoms with Gasteiger partial charge in [-0.05, 0) is 51.1 Å². The van der Waals surface area contributed by atoms with Crippen molar-refractivity contribution in [2.75, 3.05) is 13.2 Å². The predicted molar refractivity (Wildman–Crippen MR) is 78.9 cm³/mol. The molecular weight excluding hydrogens is 254 g/mol. The van der Waals surface area contributed by atoms with Gasteiger partial charge in [0.05, 0.1) is 12.7 Å². The first-order chi connectivity index (χ1) is 9.70. The summed E-state index contributed by atoms with van der Waals surface area (Å²) in [6, 6.07) is 5.60. The zero-order chi connectivity index (χ0) is 14.4. The molecule has 4 nitrogen and oxygen atoms in total. The molecule has 0 aliphatic heterocycles. The van der Waals surface area contributed by atoms with Crippen molar-refractivity contribution in [3.05, 3.63) is 23.8 Å². The lowest BCUT2D eigenvalue weighted by Gasteiger charge is -2.25. The summed E-state index contributed by atoms with van der Waals surface area (Å²) in [5, 5.41) is 23.0. The molecule has 0 saturated heterocycles. The van der Waals surface area contributed by atoms with Crippen molar-refractivity contribution in [3.8, 4) is 11.5 Å². The van der Waals surface area contributed by atoms with Gasteiger partial charge in [-0.3, -0.25) is 0 Å². The number of rotatable bonds is 6. The van der Waals surface area contributed by atoms with Crippen LogP contribution in [0.15, 0.2) is 18.2 Å². The Morgan fingerprint density at radius 3 is 2.70 bits per heavy atom. The van der Waals surface area contributed by atoms with E-state index >= 15 is 0 Å². The van der Waals surface area contributed by atoms with Gasteiger partial charge in [-0.1, -0.05) is 12.1 Å². The fourth-order valence-corrected chi connectivity index (χ4v) is 2.74. The van der Waals surface area contributed by atoms with Crippen LogP contribution in [0, 0.1) is 5.92 Å². The Hall–Kier alpha value is -1.26. The van der Waals surface area contributed by atoms with Gasteiger partial charge in [-0.25, -0.2) is 0 Å². The molecule has 0 bridgehead atoms. The third kappa shape index (κ3) is 4.12. The first-order valence-electron chi connectivity index (χ1n) is 7.53. The first kappa shape index (κ1) is 15.1. The van der Waals surface area contributed by atoms with Crippen LogP contribution >= 0.6 is 0 Å². The van der Waals surface area contributed by atoms with Gasteiger partial charge >= 0.3 is 0 Å². The second kappa shape index (κ2) is 7.50. The van der Waals surface area contributed by atoms with Crippen LogP contribution in [-0.2, 0) is 6.54 Å². The van der Waals surface area contributed by atoms with Gasteiger partial charge in [0.1, 0.15) is 0 Å². The Bertz CT molecular complexity index is 414. The monoisotopic (exact) mass is 279 g/mol. The van der Waals surface area contributed by atoms with Crippen LogP contribution in [0.2, 0.25) is 0 Å². The molecule has 1 aliphatic carbocycles. The van der Waals surface area contributed by atoms with Gasteiger partial charge in [0.15, 0.2) is 11.5 Å². The van der Waals surface area contributed by atoms with Crippen LogP contribution in [0.25, 0.3) is 0 Å². The van der Waals surface area contributed by atoms with Gasteiger partial charge < -0.3 is 20.3 Å². The maximum atomic E-state index is 10.1. The zero-order valence-electron chi connectivity index (χ0n) is 12.1. The van der Waals surface area contributed by atoms with Crippen molar-refractivity contribution >= 4 is 0 Å². The van der Waals surface area contributed by atoms with E-state index < -0.39 is 0 Å². The number of nitrogens with one attached hydrogen (secondary N) is 1. The Morgan fingerprint density at radius 2 is 2.00 bits per heavy atom. The third-order valence-electron chi connectivity index (χ3n) is 3.95. The highest BCUT2D eigenvalue weighted by Crippen LogP contribution is 2.30. The molecule has 4 heteroatoms. The van der Waals surface area contributed by atoms with Crippen molar-refractivity contribution < 1.29 is 14.9 Å². The van der Waals surface area contributed by atoms with Crippen molar-refractivity contribution in [1.82, 2.24) is 5.32 Å². The quantitative estimate of drug-likeness (QED) is 0.748. The van der Waals surface area contributed by atoms with Crippen LogP contribution in [0.5, 0.6) is 11.5 Å². The summed E-state index contributed by atoms with van der Waals surface area (Å²) in [4.78, 5) is 0. The number of ether oxygens (including phenoxy) is 1. The number of phenols is 1. The van der Waals surface area contributed by atoms with E-state index in [1.54, 1.807) is 6.07 Å². The number of phenolic OH excluding ortho intramolecular Hbond substituents is 1. The molecule has 2 rings (SSSR count). The van der Waals surface area contributed by atoms with Gasteiger partial charge in [-0.2, -0.15) is 0 Å². The lowest BCUT2D eigenvalue weighted by molar-refractivity contribution is 0.108. The molecule has 112 valence electrons.